The topological polar surface area (TPSA) is 56.1 Å². The van der Waals surface area contributed by atoms with Crippen molar-refractivity contribution >= 4 is 18.4 Å². The van der Waals surface area contributed by atoms with Crippen LogP contribution in [0, 0.1) is 17.1 Å². The van der Waals surface area contributed by atoms with Crippen LogP contribution >= 0.6 is 12.6 Å². The smallest absolute Gasteiger partial charge is 0.353 e. The van der Waals surface area contributed by atoms with Crippen LogP contribution in [0.2, 0.25) is 0 Å². The standard InChI is InChI=1S/C23H19F4N5S/c24-17-6-4-15(5-7-17)20-19(16-2-1-3-18(33)14-16)21(30-22(29-20)23(25,26)27)32-12-10-31(9-8-28)11-13-32/h1-7,14,33H,9-13H2. The Morgan fingerprint density at radius 3 is 2.27 bits per heavy atom. The van der Waals surface area contributed by atoms with Gasteiger partial charge in [-0.25, -0.2) is 14.4 Å². The molecule has 0 atom stereocenters. The summed E-state index contributed by atoms with van der Waals surface area (Å²) in [4.78, 5) is 12.2. The maximum Gasteiger partial charge on any atom is 0.451 e. The van der Waals surface area contributed by atoms with Crippen LogP contribution in [0.25, 0.3) is 22.4 Å². The molecule has 2 heterocycles. The van der Waals surface area contributed by atoms with Crippen molar-refractivity contribution in [2.75, 3.05) is 37.6 Å². The molecule has 170 valence electrons. The number of halogens is 4. The normalized spacial score (nSPS) is 14.8. The minimum Gasteiger partial charge on any atom is -0.353 e. The van der Waals surface area contributed by atoms with Gasteiger partial charge in [0.1, 0.15) is 11.6 Å². The number of benzene rings is 2. The van der Waals surface area contributed by atoms with Crippen LogP contribution in [0.1, 0.15) is 5.82 Å². The average Bonchev–Trinajstić information content (AvgIpc) is 2.79. The predicted octanol–water partition coefficient (Wildman–Crippen LogP) is 4.90. The summed E-state index contributed by atoms with van der Waals surface area (Å²) in [5, 5.41) is 8.94. The number of alkyl halides is 3. The zero-order chi connectivity index (χ0) is 23.6. The molecule has 1 aromatic heterocycles. The molecule has 0 saturated carbocycles. The Balaban J connectivity index is 1.94. The van der Waals surface area contributed by atoms with E-state index in [0.717, 1.165) is 0 Å². The number of aromatic nitrogens is 2. The molecule has 1 saturated heterocycles. The van der Waals surface area contributed by atoms with Crippen molar-refractivity contribution in [2.24, 2.45) is 0 Å². The second kappa shape index (κ2) is 9.37. The van der Waals surface area contributed by atoms with Crippen molar-refractivity contribution in [3.63, 3.8) is 0 Å². The SMILES string of the molecule is N#CCN1CCN(c2nc(C(F)(F)F)nc(-c3ccc(F)cc3)c2-c2cccc(S)c2)CC1. The third-order valence-electron chi connectivity index (χ3n) is 5.36. The minimum atomic E-state index is -4.77. The third kappa shape index (κ3) is 5.10. The van der Waals surface area contributed by atoms with Gasteiger partial charge in [-0.2, -0.15) is 18.4 Å². The maximum atomic E-state index is 13.8. The van der Waals surface area contributed by atoms with Crippen LogP contribution < -0.4 is 4.90 Å². The van der Waals surface area contributed by atoms with Crippen molar-refractivity contribution < 1.29 is 17.6 Å². The number of nitrogens with zero attached hydrogens (tertiary/aromatic N) is 5. The van der Waals surface area contributed by atoms with Crippen molar-refractivity contribution in [3.8, 4) is 28.5 Å². The van der Waals surface area contributed by atoms with Gasteiger partial charge in [0.05, 0.1) is 23.9 Å². The molecule has 5 nitrogen and oxygen atoms in total. The zero-order valence-corrected chi connectivity index (χ0v) is 18.2. The van der Waals surface area contributed by atoms with Gasteiger partial charge in [0, 0.05) is 36.6 Å². The molecule has 2 aromatic carbocycles. The van der Waals surface area contributed by atoms with Crippen LogP contribution in [-0.2, 0) is 6.18 Å². The van der Waals surface area contributed by atoms with E-state index in [2.05, 4.69) is 28.7 Å². The first-order valence-electron chi connectivity index (χ1n) is 10.1. The lowest BCUT2D eigenvalue weighted by Gasteiger charge is -2.35. The van der Waals surface area contributed by atoms with E-state index in [1.54, 1.807) is 29.2 Å². The fraction of sp³-hybridized carbons (Fsp3) is 0.261. The summed E-state index contributed by atoms with van der Waals surface area (Å²) in [5.41, 5.74) is 1.42. The molecule has 1 aliphatic heterocycles. The second-order valence-corrected chi connectivity index (χ2v) is 8.09. The largest absolute Gasteiger partial charge is 0.451 e. The average molecular weight is 473 g/mol. The highest BCUT2D eigenvalue weighted by Gasteiger charge is 2.38. The van der Waals surface area contributed by atoms with Crippen LogP contribution in [-0.4, -0.2) is 47.6 Å². The van der Waals surface area contributed by atoms with Gasteiger partial charge in [0.15, 0.2) is 0 Å². The summed E-state index contributed by atoms with van der Waals surface area (Å²) >= 11 is 4.38. The molecule has 1 aliphatic rings. The molecular formula is C23H19F4N5S. The van der Waals surface area contributed by atoms with Crippen molar-refractivity contribution in [3.05, 3.63) is 60.2 Å². The first-order chi connectivity index (χ1) is 15.8. The maximum absolute atomic E-state index is 13.8. The monoisotopic (exact) mass is 473 g/mol. The summed E-state index contributed by atoms with van der Waals surface area (Å²) in [6.07, 6.45) is -4.77. The molecule has 0 bridgehead atoms. The van der Waals surface area contributed by atoms with Gasteiger partial charge in [-0.3, -0.25) is 4.90 Å². The lowest BCUT2D eigenvalue weighted by Crippen LogP contribution is -2.47. The van der Waals surface area contributed by atoms with E-state index in [0.29, 0.717) is 47.8 Å². The van der Waals surface area contributed by atoms with E-state index in [4.69, 9.17) is 5.26 Å². The molecule has 3 aromatic rings. The summed E-state index contributed by atoms with van der Waals surface area (Å²) in [5.74, 6) is -1.62. The van der Waals surface area contributed by atoms with Crippen LogP contribution in [0.15, 0.2) is 53.4 Å². The van der Waals surface area contributed by atoms with E-state index in [1.807, 2.05) is 4.90 Å². The summed E-state index contributed by atoms with van der Waals surface area (Å²) in [6.45, 7) is 2.06. The number of thiol groups is 1. The Labute approximate surface area is 193 Å². The van der Waals surface area contributed by atoms with Gasteiger partial charge in [0.2, 0.25) is 5.82 Å². The van der Waals surface area contributed by atoms with Crippen molar-refractivity contribution in [1.29, 1.82) is 5.26 Å². The fourth-order valence-corrected chi connectivity index (χ4v) is 3.99. The molecule has 0 N–H and O–H groups in total. The number of hydrogen-bond donors (Lipinski definition) is 1. The van der Waals surface area contributed by atoms with Gasteiger partial charge < -0.3 is 4.90 Å². The molecule has 0 unspecified atom stereocenters. The van der Waals surface area contributed by atoms with Gasteiger partial charge in [-0.05, 0) is 42.0 Å². The van der Waals surface area contributed by atoms with E-state index in [-0.39, 0.29) is 18.1 Å². The molecule has 0 aliphatic carbocycles. The molecule has 1 fully saturated rings. The van der Waals surface area contributed by atoms with Gasteiger partial charge >= 0.3 is 6.18 Å². The number of nitriles is 1. The Morgan fingerprint density at radius 2 is 1.67 bits per heavy atom. The molecule has 0 spiro atoms. The molecular weight excluding hydrogens is 454 g/mol. The van der Waals surface area contributed by atoms with Crippen LogP contribution in [0.3, 0.4) is 0 Å². The third-order valence-corrected chi connectivity index (χ3v) is 5.64. The molecule has 0 amide bonds. The number of rotatable bonds is 4. The lowest BCUT2D eigenvalue weighted by atomic mass is 9.98. The van der Waals surface area contributed by atoms with E-state index >= 15 is 0 Å². The molecule has 33 heavy (non-hydrogen) atoms. The Bertz CT molecular complexity index is 1180. The quantitative estimate of drug-likeness (QED) is 0.332. The number of piperazine rings is 1. The highest BCUT2D eigenvalue weighted by molar-refractivity contribution is 7.80. The van der Waals surface area contributed by atoms with Crippen molar-refractivity contribution in [1.82, 2.24) is 14.9 Å². The summed E-state index contributed by atoms with van der Waals surface area (Å²) in [6, 6.07) is 14.3. The Morgan fingerprint density at radius 1 is 0.970 bits per heavy atom. The van der Waals surface area contributed by atoms with E-state index < -0.39 is 17.8 Å². The Kier molecular flexibility index (Phi) is 6.54. The van der Waals surface area contributed by atoms with Gasteiger partial charge in [-0.15, -0.1) is 12.6 Å². The number of anilines is 1. The molecule has 4 rings (SSSR count). The molecule has 0 radical (unpaired) electrons. The highest BCUT2D eigenvalue weighted by Crippen LogP contribution is 2.41. The van der Waals surface area contributed by atoms with Gasteiger partial charge in [-0.1, -0.05) is 12.1 Å². The first-order valence-corrected chi connectivity index (χ1v) is 10.6. The fourth-order valence-electron chi connectivity index (χ4n) is 3.77. The minimum absolute atomic E-state index is 0.0608. The first kappa shape index (κ1) is 23.0. The molecule has 10 heteroatoms. The second-order valence-electron chi connectivity index (χ2n) is 7.57. The summed E-state index contributed by atoms with van der Waals surface area (Å²) < 4.78 is 54.9. The van der Waals surface area contributed by atoms with Crippen molar-refractivity contribution in [2.45, 2.75) is 11.1 Å². The Hall–Kier alpha value is -3.16. The lowest BCUT2D eigenvalue weighted by molar-refractivity contribution is -0.144. The van der Waals surface area contributed by atoms with Gasteiger partial charge in [0.25, 0.3) is 0 Å². The van der Waals surface area contributed by atoms with E-state index in [1.165, 1.54) is 24.3 Å². The highest BCUT2D eigenvalue weighted by atomic mass is 32.1. The number of hydrogen-bond acceptors (Lipinski definition) is 6. The summed E-state index contributed by atoms with van der Waals surface area (Å²) in [7, 11) is 0. The zero-order valence-electron chi connectivity index (χ0n) is 17.3. The van der Waals surface area contributed by atoms with Crippen LogP contribution in [0.4, 0.5) is 23.4 Å². The van der Waals surface area contributed by atoms with E-state index in [9.17, 15) is 17.6 Å². The van der Waals surface area contributed by atoms with Crippen LogP contribution in [0.5, 0.6) is 0 Å². The predicted molar refractivity (Wildman–Crippen MR) is 119 cm³/mol.